The smallest absolute Gasteiger partial charge is 0.317 e. The minimum atomic E-state index is -0.422. The van der Waals surface area contributed by atoms with Gasteiger partial charge in [-0.3, -0.25) is 0 Å². The molecule has 0 saturated carbocycles. The predicted octanol–water partition coefficient (Wildman–Crippen LogP) is 2.52. The molecule has 1 aromatic rings. The normalized spacial score (nSPS) is 19.0. The summed E-state index contributed by atoms with van der Waals surface area (Å²) in [6.45, 7) is 5.57. The Morgan fingerprint density at radius 3 is 3.00 bits per heavy atom. The fourth-order valence-corrected chi connectivity index (χ4v) is 2.95. The van der Waals surface area contributed by atoms with E-state index in [2.05, 4.69) is 5.32 Å². The number of piperidine rings is 1. The molecule has 0 bridgehead atoms. The summed E-state index contributed by atoms with van der Waals surface area (Å²) in [5.74, 6) is -0.221. The predicted molar refractivity (Wildman–Crippen MR) is 93.8 cm³/mol. The molecule has 2 atom stereocenters. The van der Waals surface area contributed by atoms with Gasteiger partial charge >= 0.3 is 6.03 Å². The van der Waals surface area contributed by atoms with Crippen LogP contribution in [0.4, 0.5) is 14.9 Å². The van der Waals surface area contributed by atoms with E-state index >= 15 is 0 Å². The lowest BCUT2D eigenvalue weighted by Gasteiger charge is -2.35. The minimum Gasteiger partial charge on any atom is -0.393 e. The van der Waals surface area contributed by atoms with Crippen molar-refractivity contribution in [3.05, 3.63) is 29.6 Å². The number of nitrogens with one attached hydrogen (secondary N) is 1. The Balaban J connectivity index is 1.93. The first-order valence-electron chi connectivity index (χ1n) is 8.57. The van der Waals surface area contributed by atoms with Gasteiger partial charge in [-0.05, 0) is 50.8 Å². The second-order valence-electron chi connectivity index (χ2n) is 6.75. The highest BCUT2D eigenvalue weighted by molar-refractivity contribution is 5.74. The van der Waals surface area contributed by atoms with E-state index in [1.807, 2.05) is 17.9 Å². The van der Waals surface area contributed by atoms with Crippen molar-refractivity contribution in [3.8, 4) is 0 Å². The number of amides is 2. The van der Waals surface area contributed by atoms with Crippen LogP contribution >= 0.6 is 0 Å². The summed E-state index contributed by atoms with van der Waals surface area (Å²) >= 11 is 0. The molecule has 1 aliphatic heterocycles. The third-order valence-electron chi connectivity index (χ3n) is 4.42. The van der Waals surface area contributed by atoms with Gasteiger partial charge in [-0.15, -0.1) is 0 Å². The van der Waals surface area contributed by atoms with Crippen molar-refractivity contribution >= 4 is 11.7 Å². The largest absolute Gasteiger partial charge is 0.393 e. The summed E-state index contributed by atoms with van der Waals surface area (Å²) < 4.78 is 14.1. The molecule has 24 heavy (non-hydrogen) atoms. The number of carbonyl (C=O) groups excluding carboxylic acids is 1. The van der Waals surface area contributed by atoms with Crippen molar-refractivity contribution < 1.29 is 14.3 Å². The van der Waals surface area contributed by atoms with Crippen LogP contribution in [0.2, 0.25) is 0 Å². The first-order chi connectivity index (χ1) is 11.4. The van der Waals surface area contributed by atoms with E-state index in [1.54, 1.807) is 24.9 Å². The fourth-order valence-electron chi connectivity index (χ4n) is 2.95. The highest BCUT2D eigenvalue weighted by Crippen LogP contribution is 2.24. The molecule has 0 unspecified atom stereocenters. The van der Waals surface area contributed by atoms with Crippen LogP contribution < -0.4 is 10.2 Å². The second-order valence-corrected chi connectivity index (χ2v) is 6.75. The number of hydrogen-bond acceptors (Lipinski definition) is 3. The van der Waals surface area contributed by atoms with Crippen molar-refractivity contribution in [2.24, 2.45) is 0 Å². The molecule has 0 radical (unpaired) electrons. The molecular formula is C18H28FN3O2. The maximum atomic E-state index is 14.1. The van der Waals surface area contributed by atoms with E-state index in [9.17, 15) is 14.3 Å². The van der Waals surface area contributed by atoms with Gasteiger partial charge in [0.25, 0.3) is 0 Å². The molecule has 1 heterocycles. The Kier molecular flexibility index (Phi) is 6.43. The Morgan fingerprint density at radius 1 is 1.54 bits per heavy atom. The Bertz CT molecular complexity index is 565. The van der Waals surface area contributed by atoms with Gasteiger partial charge in [0.1, 0.15) is 5.82 Å². The average Bonchev–Trinajstić information content (AvgIpc) is 2.55. The molecule has 2 amide bonds. The van der Waals surface area contributed by atoms with Crippen LogP contribution in [0.5, 0.6) is 0 Å². The topological polar surface area (TPSA) is 55.8 Å². The van der Waals surface area contributed by atoms with Crippen molar-refractivity contribution in [3.63, 3.8) is 0 Å². The first-order valence-corrected chi connectivity index (χ1v) is 8.57. The molecule has 2 N–H and O–H groups in total. The van der Waals surface area contributed by atoms with Gasteiger partial charge in [0.15, 0.2) is 0 Å². The van der Waals surface area contributed by atoms with Gasteiger partial charge in [-0.2, -0.15) is 0 Å². The number of aliphatic hydroxyl groups is 1. The molecule has 1 saturated heterocycles. The van der Waals surface area contributed by atoms with Gasteiger partial charge < -0.3 is 20.2 Å². The van der Waals surface area contributed by atoms with Gasteiger partial charge in [0, 0.05) is 32.7 Å². The number of nitrogens with zero attached hydrogens (tertiary/aromatic N) is 2. The average molecular weight is 337 g/mol. The Hall–Kier alpha value is -1.82. The quantitative estimate of drug-likeness (QED) is 0.868. The lowest BCUT2D eigenvalue weighted by atomic mass is 10.0. The Labute approximate surface area is 143 Å². The monoisotopic (exact) mass is 337 g/mol. The SMILES string of the molecule is Cc1ccc(F)c(N2CCC[C@@H](NC(=O)N(C)CC[C@H](C)O)C2)c1. The molecule has 134 valence electrons. The molecule has 0 aromatic heterocycles. The number of aliphatic hydroxyl groups excluding tert-OH is 1. The van der Waals surface area contributed by atoms with Crippen molar-refractivity contribution in [1.29, 1.82) is 0 Å². The van der Waals surface area contributed by atoms with E-state index < -0.39 is 6.10 Å². The van der Waals surface area contributed by atoms with Gasteiger partial charge in [0.2, 0.25) is 0 Å². The molecule has 1 fully saturated rings. The number of hydrogen-bond donors (Lipinski definition) is 2. The number of aryl methyl sites for hydroxylation is 1. The van der Waals surface area contributed by atoms with Crippen LogP contribution in [0.15, 0.2) is 18.2 Å². The summed E-state index contributed by atoms with van der Waals surface area (Å²) in [5.41, 5.74) is 1.63. The van der Waals surface area contributed by atoms with Crippen molar-refractivity contribution in [2.75, 3.05) is 31.6 Å². The molecular weight excluding hydrogens is 309 g/mol. The zero-order chi connectivity index (χ0) is 17.7. The fraction of sp³-hybridized carbons (Fsp3) is 0.611. The van der Waals surface area contributed by atoms with Gasteiger partial charge in [-0.25, -0.2) is 9.18 Å². The molecule has 6 heteroatoms. The van der Waals surface area contributed by atoms with Crippen LogP contribution in [0.1, 0.15) is 31.7 Å². The summed E-state index contributed by atoms with van der Waals surface area (Å²) in [7, 11) is 1.72. The van der Waals surface area contributed by atoms with E-state index in [-0.39, 0.29) is 17.9 Å². The van der Waals surface area contributed by atoms with Gasteiger partial charge in [-0.1, -0.05) is 6.07 Å². The second kappa shape index (κ2) is 8.33. The third-order valence-corrected chi connectivity index (χ3v) is 4.42. The number of urea groups is 1. The molecule has 0 aliphatic carbocycles. The molecule has 1 aliphatic rings. The lowest BCUT2D eigenvalue weighted by molar-refractivity contribution is 0.162. The van der Waals surface area contributed by atoms with Crippen molar-refractivity contribution in [1.82, 2.24) is 10.2 Å². The van der Waals surface area contributed by atoms with Crippen LogP contribution in [0.25, 0.3) is 0 Å². The van der Waals surface area contributed by atoms with E-state index in [4.69, 9.17) is 0 Å². The minimum absolute atomic E-state index is 0.000150. The maximum absolute atomic E-state index is 14.1. The van der Waals surface area contributed by atoms with Crippen LogP contribution in [0, 0.1) is 12.7 Å². The zero-order valence-corrected chi connectivity index (χ0v) is 14.8. The highest BCUT2D eigenvalue weighted by Gasteiger charge is 2.24. The molecule has 5 nitrogen and oxygen atoms in total. The van der Waals surface area contributed by atoms with E-state index in [0.717, 1.165) is 24.9 Å². The summed E-state index contributed by atoms with van der Waals surface area (Å²) in [5, 5.41) is 12.3. The molecule has 0 spiro atoms. The third kappa shape index (κ3) is 5.09. The summed E-state index contributed by atoms with van der Waals surface area (Å²) in [6, 6.07) is 4.97. The maximum Gasteiger partial charge on any atom is 0.317 e. The molecule has 2 rings (SSSR count). The van der Waals surface area contributed by atoms with E-state index in [0.29, 0.717) is 25.2 Å². The lowest BCUT2D eigenvalue weighted by Crippen LogP contribution is -2.51. The van der Waals surface area contributed by atoms with Crippen LogP contribution in [-0.2, 0) is 0 Å². The zero-order valence-electron chi connectivity index (χ0n) is 14.8. The number of carbonyl (C=O) groups is 1. The number of benzene rings is 1. The first kappa shape index (κ1) is 18.5. The Morgan fingerprint density at radius 2 is 2.29 bits per heavy atom. The van der Waals surface area contributed by atoms with Crippen LogP contribution in [-0.4, -0.2) is 54.9 Å². The van der Waals surface area contributed by atoms with E-state index in [1.165, 1.54) is 6.07 Å². The number of halogens is 1. The summed E-state index contributed by atoms with van der Waals surface area (Å²) in [4.78, 5) is 15.8. The standard InChI is InChI=1S/C18H28FN3O2/c1-13-6-7-16(19)17(11-13)22-9-4-5-15(12-22)20-18(24)21(3)10-8-14(2)23/h6-7,11,14-15,23H,4-5,8-10,12H2,1-3H3,(H,20,24)/t14-,15+/m0/s1. The van der Waals surface area contributed by atoms with Crippen LogP contribution in [0.3, 0.4) is 0 Å². The number of rotatable bonds is 5. The number of anilines is 1. The van der Waals surface area contributed by atoms with Gasteiger partial charge in [0.05, 0.1) is 11.8 Å². The summed E-state index contributed by atoms with van der Waals surface area (Å²) in [6.07, 6.45) is 1.93. The highest BCUT2D eigenvalue weighted by atomic mass is 19.1. The molecule has 1 aromatic carbocycles. The van der Waals surface area contributed by atoms with Crippen molar-refractivity contribution in [2.45, 2.75) is 45.3 Å².